The van der Waals surface area contributed by atoms with Crippen molar-refractivity contribution in [3.63, 3.8) is 0 Å². The molecule has 3 heterocycles. The van der Waals surface area contributed by atoms with Gasteiger partial charge in [-0.2, -0.15) is 9.61 Å². The number of fused-ring (bicyclic) bond motifs is 1. The van der Waals surface area contributed by atoms with Gasteiger partial charge >= 0.3 is 6.09 Å². The van der Waals surface area contributed by atoms with E-state index in [0.717, 1.165) is 22.7 Å². The van der Waals surface area contributed by atoms with Gasteiger partial charge in [0.05, 0.1) is 25.1 Å². The van der Waals surface area contributed by atoms with E-state index in [1.165, 1.54) is 0 Å². The average Bonchev–Trinajstić information content (AvgIpc) is 3.22. The molecule has 1 amide bonds. The molecule has 0 unspecified atom stereocenters. The number of anilines is 1. The van der Waals surface area contributed by atoms with Gasteiger partial charge in [-0.05, 0) is 37.3 Å². The summed E-state index contributed by atoms with van der Waals surface area (Å²) in [6.45, 7) is 4.77. The number of ether oxygens (including phenoxy) is 2. The zero-order chi connectivity index (χ0) is 19.5. The molecule has 28 heavy (non-hydrogen) atoms. The third-order valence-corrected chi connectivity index (χ3v) is 4.78. The molecule has 0 aliphatic carbocycles. The summed E-state index contributed by atoms with van der Waals surface area (Å²) in [4.78, 5) is 15.9. The summed E-state index contributed by atoms with van der Waals surface area (Å²) in [5.41, 5.74) is 3.43. The molecule has 9 nitrogen and oxygen atoms in total. The van der Waals surface area contributed by atoms with Crippen LogP contribution in [0.3, 0.4) is 0 Å². The van der Waals surface area contributed by atoms with E-state index in [0.29, 0.717) is 38.4 Å². The Bertz CT molecular complexity index is 963. The lowest BCUT2D eigenvalue weighted by molar-refractivity contribution is 0.105. The van der Waals surface area contributed by atoms with Crippen molar-refractivity contribution in [3.8, 4) is 17.0 Å². The Balaban J connectivity index is 1.62. The summed E-state index contributed by atoms with van der Waals surface area (Å²) in [7, 11) is 1.64. The molecule has 146 valence electrons. The highest BCUT2D eigenvalue weighted by atomic mass is 16.6. The molecule has 0 N–H and O–H groups in total. The molecule has 1 aliphatic heterocycles. The van der Waals surface area contributed by atoms with Crippen LogP contribution in [-0.2, 0) is 4.74 Å². The number of nitrogens with zero attached hydrogens (tertiary/aromatic N) is 6. The van der Waals surface area contributed by atoms with E-state index in [2.05, 4.69) is 20.2 Å². The van der Waals surface area contributed by atoms with E-state index in [-0.39, 0.29) is 6.09 Å². The van der Waals surface area contributed by atoms with Gasteiger partial charge in [0.1, 0.15) is 12.1 Å². The maximum atomic E-state index is 11.9. The van der Waals surface area contributed by atoms with Crippen LogP contribution in [0.25, 0.3) is 16.9 Å². The van der Waals surface area contributed by atoms with E-state index in [1.54, 1.807) is 22.9 Å². The highest BCUT2D eigenvalue weighted by Gasteiger charge is 2.24. The summed E-state index contributed by atoms with van der Waals surface area (Å²) in [5.74, 6) is 0.796. The molecule has 1 aliphatic rings. The van der Waals surface area contributed by atoms with Crippen molar-refractivity contribution in [3.05, 3.63) is 36.7 Å². The highest BCUT2D eigenvalue weighted by molar-refractivity contribution is 5.75. The van der Waals surface area contributed by atoms with Gasteiger partial charge in [0.15, 0.2) is 0 Å². The van der Waals surface area contributed by atoms with Gasteiger partial charge in [0, 0.05) is 31.7 Å². The first-order valence-corrected chi connectivity index (χ1v) is 9.21. The molecule has 3 aromatic rings. The molecule has 0 radical (unpaired) electrons. The highest BCUT2D eigenvalue weighted by Crippen LogP contribution is 2.28. The van der Waals surface area contributed by atoms with Crippen LogP contribution in [0.4, 0.5) is 10.5 Å². The fourth-order valence-electron chi connectivity index (χ4n) is 3.29. The first-order valence-electron chi connectivity index (χ1n) is 9.21. The molecule has 1 saturated heterocycles. The third kappa shape index (κ3) is 3.42. The minimum Gasteiger partial charge on any atom is -0.497 e. The number of carbonyl (C=O) groups is 1. The van der Waals surface area contributed by atoms with E-state index in [1.807, 2.05) is 37.3 Å². The number of carbonyl (C=O) groups excluding carboxylic acids is 1. The number of hydrogen-bond donors (Lipinski definition) is 0. The Kier molecular flexibility index (Phi) is 4.96. The second kappa shape index (κ2) is 7.71. The van der Waals surface area contributed by atoms with Gasteiger partial charge in [0.25, 0.3) is 0 Å². The SMILES string of the molecule is CCOC(=O)N1CCN(c2cc(-c3ccc(OC)cc3)nn3cnnc23)CC1. The summed E-state index contributed by atoms with van der Waals surface area (Å²) >= 11 is 0. The Morgan fingerprint density at radius 2 is 1.89 bits per heavy atom. The van der Waals surface area contributed by atoms with Crippen molar-refractivity contribution < 1.29 is 14.3 Å². The fourth-order valence-corrected chi connectivity index (χ4v) is 3.29. The van der Waals surface area contributed by atoms with Crippen molar-refractivity contribution >= 4 is 17.4 Å². The minimum absolute atomic E-state index is 0.261. The van der Waals surface area contributed by atoms with Crippen molar-refractivity contribution in [2.75, 3.05) is 44.8 Å². The molecule has 0 spiro atoms. The number of hydrogen-bond acceptors (Lipinski definition) is 7. The number of benzene rings is 1. The van der Waals surface area contributed by atoms with Crippen LogP contribution in [0, 0.1) is 0 Å². The second-order valence-corrected chi connectivity index (χ2v) is 6.42. The van der Waals surface area contributed by atoms with Crippen LogP contribution < -0.4 is 9.64 Å². The van der Waals surface area contributed by atoms with Crippen LogP contribution in [0.15, 0.2) is 36.7 Å². The number of methoxy groups -OCH3 is 1. The smallest absolute Gasteiger partial charge is 0.409 e. The summed E-state index contributed by atoms with van der Waals surface area (Å²) in [6.07, 6.45) is 1.34. The predicted molar refractivity (Wildman–Crippen MR) is 104 cm³/mol. The molecule has 0 bridgehead atoms. The summed E-state index contributed by atoms with van der Waals surface area (Å²) in [6, 6.07) is 9.78. The normalized spacial score (nSPS) is 14.4. The third-order valence-electron chi connectivity index (χ3n) is 4.78. The van der Waals surface area contributed by atoms with Crippen LogP contribution in [-0.4, -0.2) is 70.7 Å². The van der Waals surface area contributed by atoms with Gasteiger partial charge in [-0.15, -0.1) is 10.2 Å². The molecule has 2 aromatic heterocycles. The monoisotopic (exact) mass is 382 g/mol. The van der Waals surface area contributed by atoms with E-state index in [4.69, 9.17) is 9.47 Å². The molecule has 0 atom stereocenters. The first kappa shape index (κ1) is 18.0. The molecule has 1 fully saturated rings. The van der Waals surface area contributed by atoms with Gasteiger partial charge in [-0.1, -0.05) is 0 Å². The van der Waals surface area contributed by atoms with Gasteiger partial charge in [-0.3, -0.25) is 0 Å². The lowest BCUT2D eigenvalue weighted by Gasteiger charge is -2.35. The molecule has 0 saturated carbocycles. The predicted octanol–water partition coefficient (Wildman–Crippen LogP) is 2.08. The van der Waals surface area contributed by atoms with Crippen molar-refractivity contribution in [1.82, 2.24) is 24.7 Å². The minimum atomic E-state index is -0.261. The van der Waals surface area contributed by atoms with Crippen molar-refractivity contribution in [1.29, 1.82) is 0 Å². The van der Waals surface area contributed by atoms with E-state index < -0.39 is 0 Å². The van der Waals surface area contributed by atoms with Crippen molar-refractivity contribution in [2.24, 2.45) is 0 Å². The largest absolute Gasteiger partial charge is 0.497 e. The van der Waals surface area contributed by atoms with Crippen LogP contribution >= 0.6 is 0 Å². The van der Waals surface area contributed by atoms with Gasteiger partial charge < -0.3 is 19.3 Å². The lowest BCUT2D eigenvalue weighted by Crippen LogP contribution is -2.49. The maximum absolute atomic E-state index is 11.9. The average molecular weight is 382 g/mol. The molecular weight excluding hydrogens is 360 g/mol. The number of piperazine rings is 1. The maximum Gasteiger partial charge on any atom is 0.409 e. The Hall–Kier alpha value is -3.36. The topological polar surface area (TPSA) is 85.1 Å². The zero-order valence-corrected chi connectivity index (χ0v) is 15.9. The van der Waals surface area contributed by atoms with Crippen molar-refractivity contribution in [2.45, 2.75) is 6.92 Å². The zero-order valence-electron chi connectivity index (χ0n) is 15.9. The lowest BCUT2D eigenvalue weighted by atomic mass is 10.1. The standard InChI is InChI=1S/C19H22N6O3/c1-3-28-19(26)24-10-8-23(9-11-24)17-12-16(22-25-13-20-21-18(17)25)14-4-6-15(27-2)7-5-14/h4-7,12-13H,3,8-11H2,1-2H3. The van der Waals surface area contributed by atoms with E-state index >= 15 is 0 Å². The van der Waals surface area contributed by atoms with Gasteiger partial charge in [0.2, 0.25) is 5.65 Å². The Morgan fingerprint density at radius 3 is 2.57 bits per heavy atom. The Morgan fingerprint density at radius 1 is 1.14 bits per heavy atom. The molecule has 1 aromatic carbocycles. The van der Waals surface area contributed by atoms with E-state index in [9.17, 15) is 4.79 Å². The molecule has 4 rings (SSSR count). The van der Waals surface area contributed by atoms with Gasteiger partial charge in [-0.25, -0.2) is 4.79 Å². The Labute approximate surface area is 162 Å². The molecular formula is C19H22N6O3. The van der Waals surface area contributed by atoms with Crippen LogP contribution in [0.5, 0.6) is 5.75 Å². The van der Waals surface area contributed by atoms with Crippen LogP contribution in [0.2, 0.25) is 0 Å². The molecule has 9 heteroatoms. The summed E-state index contributed by atoms with van der Waals surface area (Å²) < 4.78 is 12.0. The fraction of sp³-hybridized carbons (Fsp3) is 0.368. The van der Waals surface area contributed by atoms with Crippen LogP contribution in [0.1, 0.15) is 6.92 Å². The number of rotatable bonds is 4. The number of aromatic nitrogens is 4. The quantitative estimate of drug-likeness (QED) is 0.683. The summed E-state index contributed by atoms with van der Waals surface area (Å²) in [5, 5.41) is 12.9. The second-order valence-electron chi connectivity index (χ2n) is 6.42. The first-order chi connectivity index (χ1) is 13.7. The number of amides is 1.